The Balaban J connectivity index is 2.25. The molecule has 90 valence electrons. The summed E-state index contributed by atoms with van der Waals surface area (Å²) in [5, 5.41) is 9.73. The third-order valence-corrected chi connectivity index (χ3v) is 3.53. The molecular weight excluding hydrogens is 294 g/mol. The Hall–Kier alpha value is -1.88. The smallest absolute Gasteiger partial charge is 0.178 e. The van der Waals surface area contributed by atoms with Crippen molar-refractivity contribution in [1.29, 1.82) is 0 Å². The molecule has 1 N–H and O–H groups in total. The van der Waals surface area contributed by atoms with E-state index in [4.69, 9.17) is 0 Å². The Morgan fingerprint density at radius 3 is 2.83 bits per heavy atom. The first-order valence-corrected chi connectivity index (χ1v) is 6.22. The highest BCUT2D eigenvalue weighted by atomic mass is 79.9. The minimum absolute atomic E-state index is 0.201. The van der Waals surface area contributed by atoms with Gasteiger partial charge in [0.15, 0.2) is 5.65 Å². The van der Waals surface area contributed by atoms with Crippen molar-refractivity contribution in [3.63, 3.8) is 0 Å². The van der Waals surface area contributed by atoms with Crippen LogP contribution in [0.4, 0.5) is 0 Å². The molecule has 0 fully saturated rings. The number of halogens is 1. The molecule has 0 aliphatic heterocycles. The molecule has 0 spiro atoms. The van der Waals surface area contributed by atoms with Gasteiger partial charge in [-0.15, -0.1) is 0 Å². The number of aryl methyl sites for hydroxylation is 1. The fraction of sp³-hybridized carbons (Fsp3) is 0.0769. The van der Waals surface area contributed by atoms with Gasteiger partial charge in [-0.25, -0.2) is 9.97 Å². The second-order valence-corrected chi connectivity index (χ2v) is 4.86. The van der Waals surface area contributed by atoms with E-state index in [-0.39, 0.29) is 5.75 Å². The van der Waals surface area contributed by atoms with Gasteiger partial charge in [-0.2, -0.15) is 0 Å². The Morgan fingerprint density at radius 2 is 2.11 bits per heavy atom. The molecule has 0 bridgehead atoms. The van der Waals surface area contributed by atoms with Crippen LogP contribution in [0.2, 0.25) is 0 Å². The van der Waals surface area contributed by atoms with Crippen LogP contribution in [0.25, 0.3) is 22.6 Å². The predicted molar refractivity (Wildman–Crippen MR) is 73.3 cm³/mol. The zero-order chi connectivity index (χ0) is 12.7. The van der Waals surface area contributed by atoms with Crippen LogP contribution in [0.5, 0.6) is 5.75 Å². The molecule has 0 saturated carbocycles. The zero-order valence-corrected chi connectivity index (χ0v) is 11.2. The SMILES string of the molecule is Cn1c(-c2ccc(Br)c(O)c2)nc2ncccc21. The lowest BCUT2D eigenvalue weighted by Gasteiger charge is -2.04. The van der Waals surface area contributed by atoms with E-state index >= 15 is 0 Å². The van der Waals surface area contributed by atoms with Gasteiger partial charge >= 0.3 is 0 Å². The van der Waals surface area contributed by atoms with Crippen molar-refractivity contribution in [3.05, 3.63) is 41.0 Å². The number of hydrogen-bond acceptors (Lipinski definition) is 3. The standard InChI is InChI=1S/C13H10BrN3O/c1-17-10-3-2-6-15-12(10)16-13(17)8-4-5-9(14)11(18)7-8/h2-7,18H,1H3. The number of fused-ring (bicyclic) bond motifs is 1. The molecule has 0 aliphatic carbocycles. The molecular formula is C13H10BrN3O. The highest BCUT2D eigenvalue weighted by Gasteiger charge is 2.11. The maximum Gasteiger partial charge on any atom is 0.178 e. The molecule has 5 heteroatoms. The van der Waals surface area contributed by atoms with Gasteiger partial charge in [0.25, 0.3) is 0 Å². The van der Waals surface area contributed by atoms with Gasteiger partial charge in [0.1, 0.15) is 11.6 Å². The van der Waals surface area contributed by atoms with Gasteiger partial charge in [0.05, 0.1) is 9.99 Å². The summed E-state index contributed by atoms with van der Waals surface area (Å²) in [5.74, 6) is 0.985. The lowest BCUT2D eigenvalue weighted by atomic mass is 10.2. The molecule has 1 aromatic carbocycles. The highest BCUT2D eigenvalue weighted by molar-refractivity contribution is 9.10. The summed E-state index contributed by atoms with van der Waals surface area (Å²) in [5.41, 5.74) is 2.53. The van der Waals surface area contributed by atoms with Crippen LogP contribution < -0.4 is 0 Å². The zero-order valence-electron chi connectivity index (χ0n) is 9.63. The number of phenolic OH excluding ortho intramolecular Hbond substituents is 1. The summed E-state index contributed by atoms with van der Waals surface area (Å²) >= 11 is 3.27. The largest absolute Gasteiger partial charge is 0.507 e. The number of benzene rings is 1. The van der Waals surface area contributed by atoms with Crippen molar-refractivity contribution in [2.45, 2.75) is 0 Å². The monoisotopic (exact) mass is 303 g/mol. The van der Waals surface area contributed by atoms with Gasteiger partial charge in [-0.1, -0.05) is 0 Å². The van der Waals surface area contributed by atoms with Crippen LogP contribution >= 0.6 is 15.9 Å². The van der Waals surface area contributed by atoms with Crippen LogP contribution in [0.15, 0.2) is 41.0 Å². The van der Waals surface area contributed by atoms with E-state index in [9.17, 15) is 5.11 Å². The van der Waals surface area contributed by atoms with Crippen LogP contribution in [0, 0.1) is 0 Å². The fourth-order valence-electron chi connectivity index (χ4n) is 1.94. The molecule has 0 radical (unpaired) electrons. The predicted octanol–water partition coefficient (Wildman–Crippen LogP) is 3.10. The Morgan fingerprint density at radius 1 is 1.28 bits per heavy atom. The minimum atomic E-state index is 0.201. The number of nitrogens with zero attached hydrogens (tertiary/aromatic N) is 3. The maximum absolute atomic E-state index is 9.73. The fourth-order valence-corrected chi connectivity index (χ4v) is 2.18. The average Bonchev–Trinajstić information content (AvgIpc) is 2.71. The first kappa shape index (κ1) is 11.2. The van der Waals surface area contributed by atoms with Gasteiger partial charge in [-0.05, 0) is 46.3 Å². The van der Waals surface area contributed by atoms with Gasteiger partial charge in [0, 0.05) is 18.8 Å². The summed E-state index contributed by atoms with van der Waals surface area (Å²) in [4.78, 5) is 8.70. The second-order valence-electron chi connectivity index (χ2n) is 4.01. The van der Waals surface area contributed by atoms with E-state index in [2.05, 4.69) is 25.9 Å². The van der Waals surface area contributed by atoms with Crippen molar-refractivity contribution in [3.8, 4) is 17.1 Å². The third-order valence-electron chi connectivity index (χ3n) is 2.86. The van der Waals surface area contributed by atoms with E-state index in [0.29, 0.717) is 10.1 Å². The molecule has 0 amide bonds. The summed E-state index contributed by atoms with van der Waals surface area (Å²) in [6, 6.07) is 9.25. The van der Waals surface area contributed by atoms with Crippen LogP contribution in [-0.4, -0.2) is 19.6 Å². The summed E-state index contributed by atoms with van der Waals surface area (Å²) in [6.07, 6.45) is 1.72. The number of aromatic hydroxyl groups is 1. The number of hydrogen-bond donors (Lipinski definition) is 1. The number of aromatic nitrogens is 3. The number of pyridine rings is 1. The molecule has 0 unspecified atom stereocenters. The highest BCUT2D eigenvalue weighted by Crippen LogP contribution is 2.30. The third kappa shape index (κ3) is 1.67. The van der Waals surface area contributed by atoms with Gasteiger partial charge in [0.2, 0.25) is 0 Å². The van der Waals surface area contributed by atoms with Gasteiger partial charge < -0.3 is 9.67 Å². The van der Waals surface area contributed by atoms with Crippen molar-refractivity contribution in [2.75, 3.05) is 0 Å². The Kier molecular flexibility index (Phi) is 2.56. The van der Waals surface area contributed by atoms with Crippen molar-refractivity contribution >= 4 is 27.1 Å². The molecule has 2 aromatic heterocycles. The minimum Gasteiger partial charge on any atom is -0.507 e. The molecule has 3 aromatic rings. The Bertz CT molecular complexity index is 736. The van der Waals surface area contributed by atoms with Crippen LogP contribution in [0.1, 0.15) is 0 Å². The van der Waals surface area contributed by atoms with Crippen molar-refractivity contribution in [1.82, 2.24) is 14.5 Å². The van der Waals surface area contributed by atoms with E-state index in [1.807, 2.05) is 29.8 Å². The van der Waals surface area contributed by atoms with E-state index in [0.717, 1.165) is 16.9 Å². The lowest BCUT2D eigenvalue weighted by Crippen LogP contribution is -1.92. The van der Waals surface area contributed by atoms with E-state index in [1.165, 1.54) is 0 Å². The topological polar surface area (TPSA) is 50.9 Å². The molecule has 18 heavy (non-hydrogen) atoms. The van der Waals surface area contributed by atoms with Crippen molar-refractivity contribution < 1.29 is 5.11 Å². The number of phenols is 1. The first-order valence-electron chi connectivity index (χ1n) is 5.43. The average molecular weight is 304 g/mol. The molecule has 0 aliphatic rings. The van der Waals surface area contributed by atoms with E-state index < -0.39 is 0 Å². The summed E-state index contributed by atoms with van der Waals surface area (Å²) in [6.45, 7) is 0. The van der Waals surface area contributed by atoms with Crippen LogP contribution in [-0.2, 0) is 7.05 Å². The normalized spacial score (nSPS) is 11.0. The summed E-state index contributed by atoms with van der Waals surface area (Å²) < 4.78 is 2.63. The first-order chi connectivity index (χ1) is 8.66. The molecule has 2 heterocycles. The number of rotatable bonds is 1. The van der Waals surface area contributed by atoms with E-state index in [1.54, 1.807) is 18.3 Å². The van der Waals surface area contributed by atoms with Crippen molar-refractivity contribution in [2.24, 2.45) is 7.05 Å². The molecule has 3 rings (SSSR count). The molecule has 4 nitrogen and oxygen atoms in total. The quantitative estimate of drug-likeness (QED) is 0.751. The molecule has 0 atom stereocenters. The number of imidazole rings is 1. The Labute approximate surface area is 112 Å². The lowest BCUT2D eigenvalue weighted by molar-refractivity contribution is 0.472. The maximum atomic E-state index is 9.73. The van der Waals surface area contributed by atoms with Crippen LogP contribution in [0.3, 0.4) is 0 Å². The molecule has 0 saturated heterocycles. The summed E-state index contributed by atoms with van der Waals surface area (Å²) in [7, 11) is 1.94. The van der Waals surface area contributed by atoms with Gasteiger partial charge in [-0.3, -0.25) is 0 Å². The second kappa shape index (κ2) is 4.10.